The number of thiazole rings is 1. The number of nitrogens with two attached hydrogens (primary N) is 1. The van der Waals surface area contributed by atoms with E-state index in [0.29, 0.717) is 15.5 Å². The fourth-order valence-electron chi connectivity index (χ4n) is 1.76. The number of rotatable bonds is 3. The number of benzene rings is 1. The Morgan fingerprint density at radius 1 is 1.33 bits per heavy atom. The van der Waals surface area contributed by atoms with Crippen LogP contribution in [0, 0.1) is 0 Å². The molecule has 0 radical (unpaired) electrons. The Kier molecular flexibility index (Phi) is 3.76. The zero-order valence-electron chi connectivity index (χ0n) is 10.7. The van der Waals surface area contributed by atoms with E-state index < -0.39 is 0 Å². The third-order valence-electron chi connectivity index (χ3n) is 2.70. The van der Waals surface area contributed by atoms with Gasteiger partial charge in [0.1, 0.15) is 0 Å². The molecule has 1 aromatic carbocycles. The van der Waals surface area contributed by atoms with Crippen LogP contribution in [0.3, 0.4) is 0 Å². The Bertz CT molecular complexity index is 797. The first-order valence-electron chi connectivity index (χ1n) is 6.00. The Labute approximate surface area is 132 Å². The number of halogens is 1. The minimum atomic E-state index is -0.339. The maximum Gasteiger partial charge on any atom is 0.293 e. The van der Waals surface area contributed by atoms with E-state index in [1.54, 1.807) is 12.1 Å². The molecule has 3 aromatic rings. The second kappa shape index (κ2) is 5.71. The third kappa shape index (κ3) is 3.14. The lowest BCUT2D eigenvalue weighted by atomic mass is 10.1. The van der Waals surface area contributed by atoms with Gasteiger partial charge in [-0.2, -0.15) is 0 Å². The minimum absolute atomic E-state index is 0.225. The predicted molar refractivity (Wildman–Crippen MR) is 86.3 cm³/mol. The van der Waals surface area contributed by atoms with Gasteiger partial charge < -0.3 is 10.2 Å². The van der Waals surface area contributed by atoms with Crippen LogP contribution in [0.1, 0.15) is 10.6 Å². The molecular formula is C14H10BrN3O2S. The summed E-state index contributed by atoms with van der Waals surface area (Å²) in [6.07, 6.45) is 0. The molecule has 2 heterocycles. The van der Waals surface area contributed by atoms with Crippen LogP contribution >= 0.6 is 27.3 Å². The van der Waals surface area contributed by atoms with Crippen LogP contribution in [0.5, 0.6) is 0 Å². The molecule has 3 N–H and O–H groups in total. The quantitative estimate of drug-likeness (QED) is 0.689. The van der Waals surface area contributed by atoms with Crippen LogP contribution in [0.15, 0.2) is 50.9 Å². The molecule has 3 rings (SSSR count). The van der Waals surface area contributed by atoms with E-state index >= 15 is 0 Å². The largest absolute Gasteiger partial charge is 0.444 e. The second-order valence-electron chi connectivity index (χ2n) is 4.22. The fraction of sp³-hybridized carbons (Fsp3) is 0. The van der Waals surface area contributed by atoms with Crippen LogP contribution in [0.4, 0.5) is 10.8 Å². The van der Waals surface area contributed by atoms with Gasteiger partial charge in [0.15, 0.2) is 15.6 Å². The van der Waals surface area contributed by atoms with Crippen molar-refractivity contribution in [3.63, 3.8) is 0 Å². The van der Waals surface area contributed by atoms with Gasteiger partial charge in [-0.15, -0.1) is 11.3 Å². The lowest BCUT2D eigenvalue weighted by Crippen LogP contribution is -2.10. The Morgan fingerprint density at radius 2 is 2.19 bits per heavy atom. The van der Waals surface area contributed by atoms with Crippen molar-refractivity contribution in [3.8, 4) is 11.3 Å². The topological polar surface area (TPSA) is 81.1 Å². The van der Waals surface area contributed by atoms with Crippen LogP contribution in [0.25, 0.3) is 11.3 Å². The number of anilines is 2. The predicted octanol–water partition coefficient (Wildman–Crippen LogP) is 4.00. The summed E-state index contributed by atoms with van der Waals surface area (Å²) in [6, 6.07) is 10.7. The molecule has 21 heavy (non-hydrogen) atoms. The Balaban J connectivity index is 1.78. The van der Waals surface area contributed by atoms with Crippen molar-refractivity contribution in [2.45, 2.75) is 0 Å². The molecule has 0 fully saturated rings. The van der Waals surface area contributed by atoms with E-state index in [0.717, 1.165) is 11.3 Å². The molecule has 0 bridgehead atoms. The highest BCUT2D eigenvalue weighted by molar-refractivity contribution is 9.10. The summed E-state index contributed by atoms with van der Waals surface area (Å²) in [6.45, 7) is 0. The van der Waals surface area contributed by atoms with Gasteiger partial charge in [0.05, 0.1) is 5.69 Å². The number of hydrogen-bond acceptors (Lipinski definition) is 5. The lowest BCUT2D eigenvalue weighted by molar-refractivity contribution is 0.0995. The summed E-state index contributed by atoms with van der Waals surface area (Å²) in [5.41, 5.74) is 8.10. The SMILES string of the molecule is Nc1cccc(-c2csc(NC(=O)c3ccc(Br)o3)n2)c1. The van der Waals surface area contributed by atoms with Crippen molar-refractivity contribution >= 4 is 44.0 Å². The smallest absolute Gasteiger partial charge is 0.293 e. The highest BCUT2D eigenvalue weighted by Gasteiger charge is 2.13. The third-order valence-corrected chi connectivity index (χ3v) is 3.89. The molecule has 0 saturated heterocycles. The van der Waals surface area contributed by atoms with Gasteiger partial charge in [-0.25, -0.2) is 4.98 Å². The van der Waals surface area contributed by atoms with Crippen LogP contribution in [-0.4, -0.2) is 10.9 Å². The zero-order valence-corrected chi connectivity index (χ0v) is 13.1. The van der Waals surface area contributed by atoms with Gasteiger partial charge in [0, 0.05) is 16.6 Å². The lowest BCUT2D eigenvalue weighted by Gasteiger charge is -1.99. The average Bonchev–Trinajstić information content (AvgIpc) is 3.08. The first-order chi connectivity index (χ1) is 10.1. The molecule has 0 spiro atoms. The first kappa shape index (κ1) is 13.8. The summed E-state index contributed by atoms with van der Waals surface area (Å²) in [5, 5.41) is 5.07. The van der Waals surface area contributed by atoms with E-state index in [-0.39, 0.29) is 11.7 Å². The maximum atomic E-state index is 11.9. The van der Waals surface area contributed by atoms with E-state index in [4.69, 9.17) is 10.2 Å². The van der Waals surface area contributed by atoms with Gasteiger partial charge in [-0.3, -0.25) is 10.1 Å². The van der Waals surface area contributed by atoms with E-state index in [2.05, 4.69) is 26.2 Å². The molecule has 106 valence electrons. The van der Waals surface area contributed by atoms with Crippen LogP contribution in [0.2, 0.25) is 0 Å². The van der Waals surface area contributed by atoms with Crippen molar-refractivity contribution in [1.82, 2.24) is 4.98 Å². The van der Waals surface area contributed by atoms with Crippen molar-refractivity contribution in [2.24, 2.45) is 0 Å². The molecule has 0 atom stereocenters. The van der Waals surface area contributed by atoms with Gasteiger partial charge >= 0.3 is 0 Å². The van der Waals surface area contributed by atoms with Crippen molar-refractivity contribution in [3.05, 3.63) is 52.2 Å². The molecule has 7 heteroatoms. The number of aromatic nitrogens is 1. The fourth-order valence-corrected chi connectivity index (χ4v) is 2.78. The second-order valence-corrected chi connectivity index (χ2v) is 5.86. The molecule has 0 saturated carbocycles. The van der Waals surface area contributed by atoms with E-state index in [1.807, 2.05) is 29.6 Å². The van der Waals surface area contributed by atoms with Crippen molar-refractivity contribution in [1.29, 1.82) is 0 Å². The highest BCUT2D eigenvalue weighted by Crippen LogP contribution is 2.26. The molecule has 0 aliphatic rings. The van der Waals surface area contributed by atoms with Gasteiger partial charge in [0.2, 0.25) is 0 Å². The Hall–Kier alpha value is -2.12. The molecule has 1 amide bonds. The molecule has 5 nitrogen and oxygen atoms in total. The number of carbonyl (C=O) groups is 1. The molecule has 0 aliphatic heterocycles. The van der Waals surface area contributed by atoms with Crippen molar-refractivity contribution in [2.75, 3.05) is 11.1 Å². The number of nitrogen functional groups attached to an aromatic ring is 1. The summed E-state index contributed by atoms with van der Waals surface area (Å²) in [7, 11) is 0. The maximum absolute atomic E-state index is 11.9. The summed E-state index contributed by atoms with van der Waals surface area (Å²) in [4.78, 5) is 16.3. The summed E-state index contributed by atoms with van der Waals surface area (Å²) in [5.74, 6) is -0.114. The Morgan fingerprint density at radius 3 is 2.90 bits per heavy atom. The molecule has 0 unspecified atom stereocenters. The van der Waals surface area contributed by atoms with Gasteiger partial charge in [-0.05, 0) is 40.2 Å². The number of nitrogens with zero attached hydrogens (tertiary/aromatic N) is 1. The normalized spacial score (nSPS) is 10.5. The number of hydrogen-bond donors (Lipinski definition) is 2. The average molecular weight is 364 g/mol. The number of furan rings is 1. The van der Waals surface area contributed by atoms with Crippen LogP contribution in [-0.2, 0) is 0 Å². The van der Waals surface area contributed by atoms with E-state index in [9.17, 15) is 4.79 Å². The molecule has 2 aromatic heterocycles. The van der Waals surface area contributed by atoms with Gasteiger partial charge in [0.25, 0.3) is 5.91 Å². The van der Waals surface area contributed by atoms with E-state index in [1.165, 1.54) is 11.3 Å². The van der Waals surface area contributed by atoms with Crippen LogP contribution < -0.4 is 11.1 Å². The summed E-state index contributed by atoms with van der Waals surface area (Å²) < 4.78 is 5.70. The number of nitrogens with one attached hydrogen (secondary N) is 1. The molecular weight excluding hydrogens is 354 g/mol. The monoisotopic (exact) mass is 363 g/mol. The highest BCUT2D eigenvalue weighted by atomic mass is 79.9. The zero-order chi connectivity index (χ0) is 14.8. The van der Waals surface area contributed by atoms with Gasteiger partial charge in [-0.1, -0.05) is 12.1 Å². The van der Waals surface area contributed by atoms with Crippen molar-refractivity contribution < 1.29 is 9.21 Å². The standard InChI is InChI=1S/C14H10BrN3O2S/c15-12-5-4-11(20-12)13(19)18-14-17-10(7-21-14)8-2-1-3-9(16)6-8/h1-7H,16H2,(H,17,18,19). The molecule has 0 aliphatic carbocycles. The first-order valence-corrected chi connectivity index (χ1v) is 7.67. The number of carbonyl (C=O) groups excluding carboxylic acids is 1. The minimum Gasteiger partial charge on any atom is -0.444 e. The number of amides is 1. The summed E-state index contributed by atoms with van der Waals surface area (Å²) >= 11 is 4.50.